The molecule has 3 heteroatoms. The van der Waals surface area contributed by atoms with Gasteiger partial charge in [-0.15, -0.1) is 0 Å². The van der Waals surface area contributed by atoms with E-state index in [9.17, 15) is 0 Å². The van der Waals surface area contributed by atoms with Crippen molar-refractivity contribution >= 4 is 0 Å². The molecule has 1 saturated carbocycles. The summed E-state index contributed by atoms with van der Waals surface area (Å²) in [5.41, 5.74) is 1.18. The van der Waals surface area contributed by atoms with E-state index in [0.717, 1.165) is 12.4 Å². The number of hydrogen-bond acceptors (Lipinski definition) is 3. The maximum Gasteiger partial charge on any atom is 0.131 e. The van der Waals surface area contributed by atoms with E-state index < -0.39 is 0 Å². The van der Waals surface area contributed by atoms with Crippen molar-refractivity contribution in [2.75, 3.05) is 0 Å². The first-order chi connectivity index (χ1) is 9.25. The van der Waals surface area contributed by atoms with Crippen molar-refractivity contribution in [3.05, 3.63) is 23.8 Å². The predicted molar refractivity (Wildman–Crippen MR) is 79.1 cm³/mol. The summed E-state index contributed by atoms with van der Waals surface area (Å²) in [5.74, 6) is 1.66. The fourth-order valence-corrected chi connectivity index (χ4v) is 2.70. The molecule has 1 N–H and O–H groups in total. The van der Waals surface area contributed by atoms with E-state index in [1.165, 1.54) is 50.5 Å². The van der Waals surface area contributed by atoms with Crippen molar-refractivity contribution in [1.82, 2.24) is 15.3 Å². The van der Waals surface area contributed by atoms with Gasteiger partial charge in [-0.05, 0) is 12.8 Å². The molecule has 0 unspecified atom stereocenters. The summed E-state index contributed by atoms with van der Waals surface area (Å²) in [5, 5.41) is 3.40. The van der Waals surface area contributed by atoms with E-state index in [0.29, 0.717) is 12.0 Å². The maximum absolute atomic E-state index is 4.60. The SMILES string of the molecule is CC(C)NCc1cnc(C2CCCCCCC2)nc1. The quantitative estimate of drug-likeness (QED) is 0.895. The van der Waals surface area contributed by atoms with Gasteiger partial charge in [0.05, 0.1) is 0 Å². The topological polar surface area (TPSA) is 37.8 Å². The summed E-state index contributed by atoms with van der Waals surface area (Å²) in [7, 11) is 0. The molecule has 2 rings (SSSR count). The standard InChI is InChI=1S/C16H27N3/c1-13(2)17-10-14-11-18-16(19-12-14)15-8-6-4-3-5-7-9-15/h11-13,15,17H,3-10H2,1-2H3. The van der Waals surface area contributed by atoms with Crippen LogP contribution in [-0.2, 0) is 6.54 Å². The summed E-state index contributed by atoms with van der Waals surface area (Å²) in [6.45, 7) is 5.18. The second-order valence-electron chi connectivity index (χ2n) is 6.03. The highest BCUT2D eigenvalue weighted by molar-refractivity contribution is 5.07. The van der Waals surface area contributed by atoms with Crippen LogP contribution in [0, 0.1) is 0 Å². The zero-order valence-corrected chi connectivity index (χ0v) is 12.4. The van der Waals surface area contributed by atoms with Crippen LogP contribution in [0.15, 0.2) is 12.4 Å². The Bertz CT molecular complexity index is 351. The van der Waals surface area contributed by atoms with Crippen molar-refractivity contribution in [3.8, 4) is 0 Å². The Morgan fingerprint density at radius 3 is 2.21 bits per heavy atom. The van der Waals surface area contributed by atoms with Gasteiger partial charge in [-0.25, -0.2) is 9.97 Å². The fraction of sp³-hybridized carbons (Fsp3) is 0.750. The third-order valence-electron chi connectivity index (χ3n) is 3.91. The molecule has 0 amide bonds. The van der Waals surface area contributed by atoms with E-state index in [4.69, 9.17) is 0 Å². The first-order valence-corrected chi connectivity index (χ1v) is 7.80. The predicted octanol–water partition coefficient (Wildman–Crippen LogP) is 3.80. The van der Waals surface area contributed by atoms with Crippen molar-refractivity contribution in [2.45, 2.75) is 77.3 Å². The van der Waals surface area contributed by atoms with Gasteiger partial charge in [-0.1, -0.05) is 46.0 Å². The normalized spacial score (nSPS) is 18.3. The highest BCUT2D eigenvalue weighted by Gasteiger charge is 2.15. The summed E-state index contributed by atoms with van der Waals surface area (Å²) < 4.78 is 0. The van der Waals surface area contributed by atoms with Gasteiger partial charge in [0, 0.05) is 36.5 Å². The van der Waals surface area contributed by atoms with E-state index in [2.05, 4.69) is 29.1 Å². The summed E-state index contributed by atoms with van der Waals surface area (Å²) in [6, 6.07) is 0.505. The van der Waals surface area contributed by atoms with Crippen LogP contribution in [0.25, 0.3) is 0 Å². The molecule has 1 aliphatic rings. The van der Waals surface area contributed by atoms with Gasteiger partial charge < -0.3 is 5.32 Å². The van der Waals surface area contributed by atoms with Crippen molar-refractivity contribution < 1.29 is 0 Å². The summed E-state index contributed by atoms with van der Waals surface area (Å²) >= 11 is 0. The van der Waals surface area contributed by atoms with Crippen LogP contribution in [-0.4, -0.2) is 16.0 Å². The van der Waals surface area contributed by atoms with E-state index >= 15 is 0 Å². The van der Waals surface area contributed by atoms with Gasteiger partial charge in [0.1, 0.15) is 5.82 Å². The van der Waals surface area contributed by atoms with Crippen LogP contribution in [0.3, 0.4) is 0 Å². The van der Waals surface area contributed by atoms with Gasteiger partial charge in [-0.2, -0.15) is 0 Å². The first-order valence-electron chi connectivity index (χ1n) is 7.80. The van der Waals surface area contributed by atoms with E-state index in [1.807, 2.05) is 12.4 Å². The van der Waals surface area contributed by atoms with Crippen LogP contribution >= 0.6 is 0 Å². The smallest absolute Gasteiger partial charge is 0.131 e. The third-order valence-corrected chi connectivity index (χ3v) is 3.91. The molecule has 1 aliphatic carbocycles. The Kier molecular flexibility index (Phi) is 5.77. The average molecular weight is 261 g/mol. The molecule has 3 nitrogen and oxygen atoms in total. The molecule has 1 heterocycles. The Hall–Kier alpha value is -0.960. The van der Waals surface area contributed by atoms with Gasteiger partial charge >= 0.3 is 0 Å². The molecule has 0 aliphatic heterocycles. The van der Waals surface area contributed by atoms with Gasteiger partial charge in [-0.3, -0.25) is 0 Å². The van der Waals surface area contributed by atoms with E-state index in [-0.39, 0.29) is 0 Å². The van der Waals surface area contributed by atoms with Crippen LogP contribution in [0.5, 0.6) is 0 Å². The molecule has 1 aromatic rings. The third kappa shape index (κ3) is 4.90. The van der Waals surface area contributed by atoms with Gasteiger partial charge in [0.25, 0.3) is 0 Å². The van der Waals surface area contributed by atoms with Crippen LogP contribution in [0.4, 0.5) is 0 Å². The number of nitrogens with zero attached hydrogens (tertiary/aromatic N) is 2. The molecule has 0 saturated heterocycles. The second-order valence-corrected chi connectivity index (χ2v) is 6.03. The zero-order chi connectivity index (χ0) is 13.5. The van der Waals surface area contributed by atoms with Crippen LogP contribution in [0.2, 0.25) is 0 Å². The minimum absolute atomic E-state index is 0.505. The van der Waals surface area contributed by atoms with Crippen LogP contribution < -0.4 is 5.32 Å². The monoisotopic (exact) mass is 261 g/mol. The number of nitrogens with one attached hydrogen (secondary N) is 1. The van der Waals surface area contributed by atoms with Gasteiger partial charge in [0.2, 0.25) is 0 Å². The van der Waals surface area contributed by atoms with E-state index in [1.54, 1.807) is 0 Å². The first kappa shape index (κ1) is 14.4. The highest BCUT2D eigenvalue weighted by atomic mass is 14.9. The Morgan fingerprint density at radius 2 is 1.63 bits per heavy atom. The highest BCUT2D eigenvalue weighted by Crippen LogP contribution is 2.28. The van der Waals surface area contributed by atoms with Gasteiger partial charge in [0.15, 0.2) is 0 Å². The molecule has 1 fully saturated rings. The largest absolute Gasteiger partial charge is 0.310 e. The van der Waals surface area contributed by atoms with Crippen molar-refractivity contribution in [2.24, 2.45) is 0 Å². The molecule has 106 valence electrons. The Morgan fingerprint density at radius 1 is 1.05 bits per heavy atom. The lowest BCUT2D eigenvalue weighted by molar-refractivity contribution is 0.442. The Balaban J connectivity index is 1.92. The summed E-state index contributed by atoms with van der Waals surface area (Å²) in [6.07, 6.45) is 13.4. The molecule has 0 radical (unpaired) electrons. The molecule has 0 bridgehead atoms. The molecular formula is C16H27N3. The molecule has 19 heavy (non-hydrogen) atoms. The number of rotatable bonds is 4. The van der Waals surface area contributed by atoms with Crippen LogP contribution in [0.1, 0.15) is 76.1 Å². The zero-order valence-electron chi connectivity index (χ0n) is 12.4. The lowest BCUT2D eigenvalue weighted by atomic mass is 9.90. The lowest BCUT2D eigenvalue weighted by Crippen LogP contribution is -2.22. The summed E-state index contributed by atoms with van der Waals surface area (Å²) in [4.78, 5) is 9.20. The molecule has 1 aromatic heterocycles. The number of aromatic nitrogens is 2. The number of hydrogen-bond donors (Lipinski definition) is 1. The second kappa shape index (κ2) is 7.59. The molecule has 0 atom stereocenters. The fourth-order valence-electron chi connectivity index (χ4n) is 2.70. The Labute approximate surface area is 117 Å². The molecular weight excluding hydrogens is 234 g/mol. The van der Waals surface area contributed by atoms with Crippen molar-refractivity contribution in [3.63, 3.8) is 0 Å². The lowest BCUT2D eigenvalue weighted by Gasteiger charge is -2.18. The minimum atomic E-state index is 0.505. The van der Waals surface area contributed by atoms with Crippen molar-refractivity contribution in [1.29, 1.82) is 0 Å². The maximum atomic E-state index is 4.60. The molecule has 0 spiro atoms. The molecule has 0 aromatic carbocycles. The minimum Gasteiger partial charge on any atom is -0.310 e. The average Bonchev–Trinajstić information content (AvgIpc) is 2.37.